The molecule has 3 rings (SSSR count). The van der Waals surface area contributed by atoms with Crippen LogP contribution in [0, 0.1) is 12.8 Å². The molecule has 0 spiro atoms. The van der Waals surface area contributed by atoms with E-state index in [4.69, 9.17) is 0 Å². The molecule has 1 amide bonds. The van der Waals surface area contributed by atoms with Crippen LogP contribution in [0.2, 0.25) is 0 Å². The van der Waals surface area contributed by atoms with Crippen molar-refractivity contribution in [3.63, 3.8) is 0 Å². The van der Waals surface area contributed by atoms with Gasteiger partial charge in [0.25, 0.3) is 5.91 Å². The van der Waals surface area contributed by atoms with Crippen LogP contribution in [0.1, 0.15) is 28.0 Å². The smallest absolute Gasteiger partial charge is 0.251 e. The molecule has 2 N–H and O–H groups in total. The van der Waals surface area contributed by atoms with Crippen molar-refractivity contribution in [1.29, 1.82) is 0 Å². The highest BCUT2D eigenvalue weighted by Gasteiger charge is 2.22. The lowest BCUT2D eigenvalue weighted by molar-refractivity contribution is 0.0963. The van der Waals surface area contributed by atoms with Crippen molar-refractivity contribution < 1.29 is 4.79 Å². The molecule has 5 heteroatoms. The lowest BCUT2D eigenvalue weighted by atomic mass is 10.1. The van der Waals surface area contributed by atoms with E-state index in [1.807, 2.05) is 49.4 Å². The first-order valence-electron chi connectivity index (χ1n) is 8.85. The number of nitrogens with one attached hydrogen (secondary N) is 2. The fourth-order valence-corrected chi connectivity index (χ4v) is 3.28. The maximum Gasteiger partial charge on any atom is 0.251 e. The Morgan fingerprint density at radius 2 is 2.04 bits per heavy atom. The van der Waals surface area contributed by atoms with Crippen LogP contribution in [-0.2, 0) is 6.54 Å². The minimum absolute atomic E-state index is 0.0383. The maximum absolute atomic E-state index is 11.6. The zero-order valence-corrected chi connectivity index (χ0v) is 15.0. The third-order valence-electron chi connectivity index (χ3n) is 4.68. The number of likely N-dealkylation sites (tertiary alicyclic amines) is 1. The number of carbonyl (C=O) groups excluding carboxylic acids is 1. The first kappa shape index (κ1) is 17.4. The number of hydrogen-bond donors (Lipinski definition) is 2. The molecule has 25 heavy (non-hydrogen) atoms. The molecule has 2 aromatic rings. The third kappa shape index (κ3) is 4.79. The van der Waals surface area contributed by atoms with Gasteiger partial charge in [-0.1, -0.05) is 18.2 Å². The normalized spacial score (nSPS) is 17.4. The zero-order valence-electron chi connectivity index (χ0n) is 15.0. The molecular formula is C20H26N4O. The van der Waals surface area contributed by atoms with Crippen LogP contribution in [0.25, 0.3) is 0 Å². The second-order valence-corrected chi connectivity index (χ2v) is 6.71. The number of amides is 1. The highest BCUT2D eigenvalue weighted by atomic mass is 16.1. The monoisotopic (exact) mass is 338 g/mol. The molecule has 1 aromatic heterocycles. The number of carbonyl (C=O) groups is 1. The molecule has 0 bridgehead atoms. The van der Waals surface area contributed by atoms with Crippen molar-refractivity contribution in [2.24, 2.45) is 5.92 Å². The van der Waals surface area contributed by atoms with Crippen molar-refractivity contribution in [3.8, 4) is 0 Å². The zero-order chi connectivity index (χ0) is 17.6. The Morgan fingerprint density at radius 3 is 2.76 bits per heavy atom. The first-order chi connectivity index (χ1) is 12.1. The summed E-state index contributed by atoms with van der Waals surface area (Å²) < 4.78 is 0. The molecule has 1 aromatic carbocycles. The summed E-state index contributed by atoms with van der Waals surface area (Å²) >= 11 is 0. The number of anilines is 1. The van der Waals surface area contributed by atoms with Gasteiger partial charge >= 0.3 is 0 Å². The molecule has 1 atom stereocenters. The van der Waals surface area contributed by atoms with Gasteiger partial charge in [-0.05, 0) is 55.6 Å². The Balaban J connectivity index is 1.47. The molecule has 1 aliphatic heterocycles. The summed E-state index contributed by atoms with van der Waals surface area (Å²) in [5.74, 6) is 1.57. The van der Waals surface area contributed by atoms with E-state index in [1.165, 1.54) is 12.0 Å². The largest absolute Gasteiger partial charge is 0.370 e. The molecule has 0 aliphatic carbocycles. The summed E-state index contributed by atoms with van der Waals surface area (Å²) in [5.41, 5.74) is 3.00. The summed E-state index contributed by atoms with van der Waals surface area (Å²) in [6.07, 6.45) is 1.20. The molecule has 1 fully saturated rings. The van der Waals surface area contributed by atoms with Crippen molar-refractivity contribution in [2.45, 2.75) is 19.9 Å². The van der Waals surface area contributed by atoms with Crippen LogP contribution in [0.5, 0.6) is 0 Å². The van der Waals surface area contributed by atoms with E-state index < -0.39 is 0 Å². The van der Waals surface area contributed by atoms with Crippen molar-refractivity contribution in [2.75, 3.05) is 32.0 Å². The number of aromatic nitrogens is 1. The lowest BCUT2D eigenvalue weighted by Crippen LogP contribution is -2.23. The van der Waals surface area contributed by atoms with Crippen LogP contribution in [0.15, 0.2) is 42.5 Å². The molecule has 2 heterocycles. The van der Waals surface area contributed by atoms with Gasteiger partial charge in [0.1, 0.15) is 5.82 Å². The van der Waals surface area contributed by atoms with Crippen LogP contribution in [0.4, 0.5) is 5.82 Å². The van der Waals surface area contributed by atoms with Gasteiger partial charge in [0.15, 0.2) is 0 Å². The number of nitrogens with zero attached hydrogens (tertiary/aromatic N) is 2. The SMILES string of the molecule is CNC(=O)c1ccc(CN2CC[C@@H](CNc3cccc(C)n3)C2)cc1. The van der Waals surface area contributed by atoms with E-state index in [2.05, 4.69) is 20.5 Å². The number of rotatable bonds is 6. The van der Waals surface area contributed by atoms with E-state index in [1.54, 1.807) is 7.05 Å². The summed E-state index contributed by atoms with van der Waals surface area (Å²) in [6, 6.07) is 14.0. The predicted octanol–water partition coefficient (Wildman–Crippen LogP) is 2.68. The van der Waals surface area contributed by atoms with Crippen molar-refractivity contribution in [3.05, 3.63) is 59.3 Å². The Kier molecular flexibility index (Phi) is 5.66. The number of benzene rings is 1. The molecule has 0 unspecified atom stereocenters. The van der Waals surface area contributed by atoms with E-state index in [0.717, 1.165) is 37.7 Å². The standard InChI is InChI=1S/C20H26N4O/c1-15-4-3-5-19(23-15)22-12-17-10-11-24(14-17)13-16-6-8-18(9-7-16)20(25)21-2/h3-9,17H,10-14H2,1-2H3,(H,21,25)(H,22,23)/t17-/m0/s1. The summed E-state index contributed by atoms with van der Waals surface area (Å²) in [4.78, 5) is 18.6. The van der Waals surface area contributed by atoms with Crippen molar-refractivity contribution in [1.82, 2.24) is 15.2 Å². The van der Waals surface area contributed by atoms with Gasteiger partial charge in [0.05, 0.1) is 0 Å². The van der Waals surface area contributed by atoms with Gasteiger partial charge in [-0.3, -0.25) is 9.69 Å². The Bertz CT molecular complexity index is 714. The summed E-state index contributed by atoms with van der Waals surface area (Å²) in [5, 5.41) is 6.11. The molecule has 0 saturated carbocycles. The highest BCUT2D eigenvalue weighted by Crippen LogP contribution is 2.19. The average molecular weight is 338 g/mol. The number of hydrogen-bond acceptors (Lipinski definition) is 4. The minimum Gasteiger partial charge on any atom is -0.370 e. The van der Waals surface area contributed by atoms with Crippen LogP contribution < -0.4 is 10.6 Å². The molecule has 0 radical (unpaired) electrons. The van der Waals surface area contributed by atoms with Gasteiger partial charge in [-0.15, -0.1) is 0 Å². The van der Waals surface area contributed by atoms with Crippen molar-refractivity contribution >= 4 is 11.7 Å². The summed E-state index contributed by atoms with van der Waals surface area (Å²) in [6.45, 7) is 6.12. The maximum atomic E-state index is 11.6. The van der Waals surface area contributed by atoms with Crippen LogP contribution >= 0.6 is 0 Å². The number of pyridine rings is 1. The Morgan fingerprint density at radius 1 is 1.24 bits per heavy atom. The molecule has 1 saturated heterocycles. The molecule has 5 nitrogen and oxygen atoms in total. The van der Waals surface area contributed by atoms with E-state index >= 15 is 0 Å². The Hall–Kier alpha value is -2.40. The molecular weight excluding hydrogens is 312 g/mol. The third-order valence-corrected chi connectivity index (χ3v) is 4.68. The second kappa shape index (κ2) is 8.12. The summed E-state index contributed by atoms with van der Waals surface area (Å²) in [7, 11) is 1.65. The van der Waals surface area contributed by atoms with Crippen LogP contribution in [-0.4, -0.2) is 42.5 Å². The topological polar surface area (TPSA) is 57.3 Å². The minimum atomic E-state index is -0.0383. The van der Waals surface area contributed by atoms with Gasteiger partial charge in [0, 0.05) is 37.9 Å². The first-order valence-corrected chi connectivity index (χ1v) is 8.85. The lowest BCUT2D eigenvalue weighted by Gasteiger charge is -2.17. The quantitative estimate of drug-likeness (QED) is 0.850. The Labute approximate surface area is 149 Å². The predicted molar refractivity (Wildman–Crippen MR) is 101 cm³/mol. The van der Waals surface area contributed by atoms with E-state index in [9.17, 15) is 4.79 Å². The fourth-order valence-electron chi connectivity index (χ4n) is 3.28. The van der Waals surface area contributed by atoms with Gasteiger partial charge < -0.3 is 10.6 Å². The van der Waals surface area contributed by atoms with E-state index in [0.29, 0.717) is 11.5 Å². The number of aryl methyl sites for hydroxylation is 1. The second-order valence-electron chi connectivity index (χ2n) is 6.71. The highest BCUT2D eigenvalue weighted by molar-refractivity contribution is 5.93. The van der Waals surface area contributed by atoms with Gasteiger partial charge in [0.2, 0.25) is 0 Å². The van der Waals surface area contributed by atoms with Crippen LogP contribution in [0.3, 0.4) is 0 Å². The van der Waals surface area contributed by atoms with Gasteiger partial charge in [-0.2, -0.15) is 0 Å². The van der Waals surface area contributed by atoms with Gasteiger partial charge in [-0.25, -0.2) is 4.98 Å². The fraction of sp³-hybridized carbons (Fsp3) is 0.400. The molecule has 132 valence electrons. The molecule has 1 aliphatic rings. The average Bonchev–Trinajstić information content (AvgIpc) is 3.07. The van der Waals surface area contributed by atoms with E-state index in [-0.39, 0.29) is 5.91 Å².